The molecule has 178 valence electrons. The lowest BCUT2D eigenvalue weighted by atomic mass is 10.1. The fourth-order valence-electron chi connectivity index (χ4n) is 3.38. The minimum absolute atomic E-state index is 0.00173. The van der Waals surface area contributed by atoms with E-state index in [1.165, 1.54) is 19.2 Å². The van der Waals surface area contributed by atoms with Crippen LogP contribution >= 0.6 is 0 Å². The predicted molar refractivity (Wildman–Crippen MR) is 136 cm³/mol. The van der Waals surface area contributed by atoms with Crippen molar-refractivity contribution in [2.24, 2.45) is 0 Å². The lowest BCUT2D eigenvalue weighted by Gasteiger charge is -2.15. The van der Waals surface area contributed by atoms with Crippen molar-refractivity contribution in [1.82, 2.24) is 0 Å². The summed E-state index contributed by atoms with van der Waals surface area (Å²) in [5.74, 6) is 0.952. The summed E-state index contributed by atoms with van der Waals surface area (Å²) in [7, 11) is -2.48. The molecule has 4 aromatic rings. The molecular formula is C27H24N2O5S. The maximum atomic E-state index is 13.1. The summed E-state index contributed by atoms with van der Waals surface area (Å²) in [5, 5.41) is 2.82. The predicted octanol–water partition coefficient (Wildman–Crippen LogP) is 5.85. The molecule has 2 N–H and O–H groups in total. The van der Waals surface area contributed by atoms with E-state index < -0.39 is 15.9 Å². The highest BCUT2D eigenvalue weighted by Gasteiger charge is 2.19. The van der Waals surface area contributed by atoms with Crippen LogP contribution in [0.4, 0.5) is 11.4 Å². The maximum Gasteiger partial charge on any atom is 0.262 e. The SMILES string of the molecule is COc1ccccc1NS(=O)(=O)c1ccc(C)c(NC(=O)c2ccccc2Oc2ccccc2)c1. The third kappa shape index (κ3) is 5.62. The van der Waals surface area contributed by atoms with Gasteiger partial charge >= 0.3 is 0 Å². The zero-order valence-corrected chi connectivity index (χ0v) is 20.0. The largest absolute Gasteiger partial charge is 0.495 e. The Morgan fingerprint density at radius 2 is 1.43 bits per heavy atom. The average Bonchev–Trinajstić information content (AvgIpc) is 2.86. The first-order chi connectivity index (χ1) is 16.9. The Morgan fingerprint density at radius 1 is 0.771 bits per heavy atom. The molecule has 4 rings (SSSR count). The Labute approximate surface area is 204 Å². The number of hydrogen-bond acceptors (Lipinski definition) is 5. The third-order valence-electron chi connectivity index (χ3n) is 5.22. The second kappa shape index (κ2) is 10.3. The Kier molecular flexibility index (Phi) is 7.03. The van der Waals surface area contributed by atoms with E-state index in [1.807, 2.05) is 18.2 Å². The maximum absolute atomic E-state index is 13.1. The molecule has 8 heteroatoms. The number of carbonyl (C=O) groups is 1. The van der Waals surface area contributed by atoms with E-state index in [2.05, 4.69) is 10.0 Å². The van der Waals surface area contributed by atoms with Gasteiger partial charge < -0.3 is 14.8 Å². The second-order valence-corrected chi connectivity index (χ2v) is 9.33. The number of hydrogen-bond donors (Lipinski definition) is 2. The molecule has 0 saturated carbocycles. The number of aryl methyl sites for hydroxylation is 1. The summed E-state index contributed by atoms with van der Waals surface area (Å²) >= 11 is 0. The quantitative estimate of drug-likeness (QED) is 0.325. The van der Waals surface area contributed by atoms with Gasteiger partial charge in [0.25, 0.3) is 15.9 Å². The number of nitrogens with one attached hydrogen (secondary N) is 2. The summed E-state index contributed by atoms with van der Waals surface area (Å²) < 4.78 is 39.7. The highest BCUT2D eigenvalue weighted by Crippen LogP contribution is 2.29. The summed E-state index contributed by atoms with van der Waals surface area (Å²) in [5.41, 5.74) is 1.70. The van der Waals surface area contributed by atoms with Crippen molar-refractivity contribution in [2.45, 2.75) is 11.8 Å². The van der Waals surface area contributed by atoms with Crippen LogP contribution in [0.15, 0.2) is 102 Å². The minimum atomic E-state index is -3.94. The van der Waals surface area contributed by atoms with Crippen LogP contribution in [-0.2, 0) is 10.0 Å². The lowest BCUT2D eigenvalue weighted by Crippen LogP contribution is -2.16. The molecule has 0 saturated heterocycles. The van der Waals surface area contributed by atoms with Crippen LogP contribution in [0.25, 0.3) is 0 Å². The van der Waals surface area contributed by atoms with Crippen LogP contribution in [-0.4, -0.2) is 21.4 Å². The van der Waals surface area contributed by atoms with Crippen LogP contribution in [0, 0.1) is 6.92 Å². The fourth-order valence-corrected chi connectivity index (χ4v) is 4.48. The van der Waals surface area contributed by atoms with E-state index >= 15 is 0 Å². The Morgan fingerprint density at radius 3 is 2.17 bits per heavy atom. The number of benzene rings is 4. The van der Waals surface area contributed by atoms with Gasteiger partial charge in [-0.05, 0) is 61.0 Å². The first-order valence-corrected chi connectivity index (χ1v) is 12.3. The molecule has 0 aromatic heterocycles. The Balaban J connectivity index is 1.59. The summed E-state index contributed by atoms with van der Waals surface area (Å²) in [4.78, 5) is 13.1. The number of carbonyl (C=O) groups excluding carboxylic acids is 1. The molecule has 0 fully saturated rings. The van der Waals surface area contributed by atoms with Gasteiger partial charge in [0.05, 0.1) is 23.3 Å². The summed E-state index contributed by atoms with van der Waals surface area (Å²) in [6.07, 6.45) is 0. The van der Waals surface area contributed by atoms with Crippen LogP contribution in [0.1, 0.15) is 15.9 Å². The standard InChI is InChI=1S/C27H24N2O5S/c1-19-16-17-21(35(31,32)29-23-13-7-9-15-26(23)33-2)18-24(19)28-27(30)22-12-6-8-14-25(22)34-20-10-4-3-5-11-20/h3-18,29H,1-2H3,(H,28,30). The van der Waals surface area contributed by atoms with E-state index in [9.17, 15) is 13.2 Å². The number of methoxy groups -OCH3 is 1. The molecule has 0 spiro atoms. The molecule has 7 nitrogen and oxygen atoms in total. The van der Waals surface area contributed by atoms with Gasteiger partial charge in [-0.25, -0.2) is 8.42 Å². The Hall–Kier alpha value is -4.30. The lowest BCUT2D eigenvalue weighted by molar-refractivity contribution is 0.102. The van der Waals surface area contributed by atoms with E-state index in [1.54, 1.807) is 73.7 Å². The molecule has 0 aliphatic heterocycles. The van der Waals surface area contributed by atoms with Gasteiger partial charge in [-0.15, -0.1) is 0 Å². The molecule has 0 unspecified atom stereocenters. The van der Waals surface area contributed by atoms with Gasteiger partial charge in [0.15, 0.2) is 0 Å². The number of sulfonamides is 1. The monoisotopic (exact) mass is 488 g/mol. The molecule has 0 radical (unpaired) electrons. The van der Waals surface area contributed by atoms with Gasteiger partial charge in [-0.2, -0.15) is 0 Å². The van der Waals surface area contributed by atoms with Crippen LogP contribution in [0.5, 0.6) is 17.2 Å². The van der Waals surface area contributed by atoms with Crippen LogP contribution in [0.2, 0.25) is 0 Å². The van der Waals surface area contributed by atoms with Gasteiger partial charge in [-0.3, -0.25) is 9.52 Å². The van der Waals surface area contributed by atoms with Gasteiger partial charge in [0.1, 0.15) is 17.2 Å². The molecule has 1 amide bonds. The number of ether oxygens (including phenoxy) is 2. The van der Waals surface area contributed by atoms with Crippen LogP contribution in [0.3, 0.4) is 0 Å². The molecule has 0 aliphatic carbocycles. The second-order valence-electron chi connectivity index (χ2n) is 7.65. The Bertz CT molecular complexity index is 1450. The first-order valence-electron chi connectivity index (χ1n) is 10.8. The average molecular weight is 489 g/mol. The van der Waals surface area contributed by atoms with E-state index in [-0.39, 0.29) is 4.90 Å². The number of amides is 1. The summed E-state index contributed by atoms with van der Waals surface area (Å²) in [6.45, 7) is 1.78. The topological polar surface area (TPSA) is 93.7 Å². The zero-order valence-electron chi connectivity index (χ0n) is 19.2. The molecule has 35 heavy (non-hydrogen) atoms. The van der Waals surface area contributed by atoms with Crippen molar-refractivity contribution in [3.8, 4) is 17.2 Å². The first kappa shape index (κ1) is 23.8. The van der Waals surface area contributed by atoms with Gasteiger partial charge in [-0.1, -0.05) is 48.5 Å². The third-order valence-corrected chi connectivity index (χ3v) is 6.58. The molecular weight excluding hydrogens is 464 g/mol. The molecule has 0 bridgehead atoms. The highest BCUT2D eigenvalue weighted by atomic mass is 32.2. The number of para-hydroxylation sites is 4. The van der Waals surface area contributed by atoms with Crippen molar-refractivity contribution < 1.29 is 22.7 Å². The zero-order chi connectivity index (χ0) is 24.8. The van der Waals surface area contributed by atoms with Crippen molar-refractivity contribution in [1.29, 1.82) is 0 Å². The van der Waals surface area contributed by atoms with Crippen LogP contribution < -0.4 is 19.5 Å². The van der Waals surface area contributed by atoms with Gasteiger partial charge in [0, 0.05) is 5.69 Å². The minimum Gasteiger partial charge on any atom is -0.495 e. The molecule has 0 heterocycles. The van der Waals surface area contributed by atoms with Crippen molar-refractivity contribution in [3.05, 3.63) is 108 Å². The van der Waals surface area contributed by atoms with Gasteiger partial charge in [0.2, 0.25) is 0 Å². The molecule has 4 aromatic carbocycles. The normalized spacial score (nSPS) is 10.9. The number of anilines is 2. The number of rotatable bonds is 8. The van der Waals surface area contributed by atoms with Crippen molar-refractivity contribution >= 4 is 27.3 Å². The molecule has 0 aliphatic rings. The van der Waals surface area contributed by atoms with Crippen molar-refractivity contribution in [3.63, 3.8) is 0 Å². The highest BCUT2D eigenvalue weighted by molar-refractivity contribution is 7.92. The van der Waals surface area contributed by atoms with E-state index in [0.717, 1.165) is 0 Å². The smallest absolute Gasteiger partial charge is 0.262 e. The summed E-state index contributed by atoms with van der Waals surface area (Å²) in [6, 6.07) is 27.3. The van der Waals surface area contributed by atoms with E-state index in [0.29, 0.717) is 39.8 Å². The van der Waals surface area contributed by atoms with E-state index in [4.69, 9.17) is 9.47 Å². The fraction of sp³-hybridized carbons (Fsp3) is 0.0741. The molecule has 0 atom stereocenters. The van der Waals surface area contributed by atoms with Crippen molar-refractivity contribution in [2.75, 3.05) is 17.1 Å².